The molecule has 4 heterocycles. The summed E-state index contributed by atoms with van der Waals surface area (Å²) >= 11 is 13.7. The number of carbonyl (C=O) groups excluding carboxylic acids is 2. The second-order valence-corrected chi connectivity index (χ2v) is 9.51. The van der Waals surface area contributed by atoms with E-state index in [2.05, 4.69) is 9.88 Å². The van der Waals surface area contributed by atoms with Crippen LogP contribution in [-0.2, 0) is 0 Å². The zero-order chi connectivity index (χ0) is 21.5. The van der Waals surface area contributed by atoms with Gasteiger partial charge in [0.15, 0.2) is 5.76 Å². The van der Waals surface area contributed by atoms with Crippen LogP contribution >= 0.6 is 34.5 Å². The monoisotopic (exact) mass is 473 g/mol. The summed E-state index contributed by atoms with van der Waals surface area (Å²) in [7, 11) is 0. The number of furan rings is 1. The summed E-state index contributed by atoms with van der Waals surface area (Å²) in [5.41, 5.74) is 2.56. The number of piperazine rings is 1. The van der Waals surface area contributed by atoms with Crippen molar-refractivity contribution in [3.8, 4) is 0 Å². The molecule has 3 aromatic heterocycles. The van der Waals surface area contributed by atoms with E-state index in [4.69, 9.17) is 27.6 Å². The average Bonchev–Trinajstić information content (AvgIpc) is 3.52. The molecular weight excluding hydrogens is 457 g/mol. The number of benzene rings is 1. The van der Waals surface area contributed by atoms with Gasteiger partial charge in [-0.1, -0.05) is 29.3 Å². The highest BCUT2D eigenvalue weighted by atomic mass is 35.5. The minimum Gasteiger partial charge on any atom is -0.461 e. The van der Waals surface area contributed by atoms with Crippen LogP contribution in [-0.4, -0.2) is 47.8 Å². The topological polar surface area (TPSA) is 69.5 Å². The fourth-order valence-electron chi connectivity index (χ4n) is 3.95. The van der Waals surface area contributed by atoms with Crippen LogP contribution in [0, 0.1) is 0 Å². The van der Waals surface area contributed by atoms with E-state index < -0.39 is 0 Å². The molecule has 0 saturated carbocycles. The number of nitrogens with one attached hydrogen (secondary N) is 1. The predicted octanol–water partition coefficient (Wildman–Crippen LogP) is 5.32. The zero-order valence-corrected chi connectivity index (χ0v) is 18.6. The molecule has 9 heteroatoms. The first-order valence-electron chi connectivity index (χ1n) is 9.70. The Bertz CT molecular complexity index is 1270. The molecule has 1 fully saturated rings. The number of anilines is 1. The quantitative estimate of drug-likeness (QED) is 0.407. The summed E-state index contributed by atoms with van der Waals surface area (Å²) in [4.78, 5) is 33.3. The Kier molecular flexibility index (Phi) is 5.25. The van der Waals surface area contributed by atoms with Gasteiger partial charge in [-0.3, -0.25) is 9.59 Å². The maximum atomic E-state index is 13.4. The molecule has 1 N–H and O–H groups in total. The SMILES string of the molecule is O=C(c1ccco1)c1c[nH]c2cccc(C(=O)N3CCN(c4cc(Cl)sc4Cl)CC3)c12. The van der Waals surface area contributed by atoms with Crippen molar-refractivity contribution in [2.75, 3.05) is 31.1 Å². The highest BCUT2D eigenvalue weighted by Crippen LogP contribution is 2.38. The van der Waals surface area contributed by atoms with Gasteiger partial charge in [-0.2, -0.15) is 0 Å². The van der Waals surface area contributed by atoms with Gasteiger partial charge in [-0.25, -0.2) is 0 Å². The summed E-state index contributed by atoms with van der Waals surface area (Å²) in [5.74, 6) is -0.124. The third kappa shape index (κ3) is 3.63. The summed E-state index contributed by atoms with van der Waals surface area (Å²) in [6, 6.07) is 10.6. The van der Waals surface area contributed by atoms with Crippen LogP contribution in [0.2, 0.25) is 8.67 Å². The molecule has 0 unspecified atom stereocenters. The first-order chi connectivity index (χ1) is 15.0. The van der Waals surface area contributed by atoms with Gasteiger partial charge >= 0.3 is 0 Å². The molecule has 1 aliphatic rings. The molecule has 6 nitrogen and oxygen atoms in total. The average molecular weight is 474 g/mol. The van der Waals surface area contributed by atoms with E-state index in [-0.39, 0.29) is 17.5 Å². The van der Waals surface area contributed by atoms with E-state index in [0.29, 0.717) is 51.4 Å². The van der Waals surface area contributed by atoms with Gasteiger partial charge in [0.2, 0.25) is 5.78 Å². The summed E-state index contributed by atoms with van der Waals surface area (Å²) in [6.45, 7) is 2.40. The second-order valence-electron chi connectivity index (χ2n) is 7.23. The lowest BCUT2D eigenvalue weighted by Gasteiger charge is -2.36. The zero-order valence-electron chi connectivity index (χ0n) is 16.2. The third-order valence-corrected chi connectivity index (χ3v) is 6.94. The fraction of sp³-hybridized carbons (Fsp3) is 0.182. The van der Waals surface area contributed by atoms with E-state index in [0.717, 1.165) is 11.2 Å². The number of hydrogen-bond acceptors (Lipinski definition) is 5. The lowest BCUT2D eigenvalue weighted by atomic mass is 10.0. The van der Waals surface area contributed by atoms with E-state index >= 15 is 0 Å². The number of ketones is 1. The highest BCUT2D eigenvalue weighted by molar-refractivity contribution is 7.20. The number of halogens is 2. The maximum Gasteiger partial charge on any atom is 0.254 e. The van der Waals surface area contributed by atoms with Crippen LogP contribution in [0.25, 0.3) is 10.9 Å². The summed E-state index contributed by atoms with van der Waals surface area (Å²) in [5, 5.41) is 0.615. The number of amides is 1. The molecule has 158 valence electrons. The Balaban J connectivity index is 1.41. The Morgan fingerprint density at radius 3 is 2.52 bits per heavy atom. The molecule has 31 heavy (non-hydrogen) atoms. The van der Waals surface area contributed by atoms with Crippen LogP contribution in [0.15, 0.2) is 53.3 Å². The first-order valence-corrected chi connectivity index (χ1v) is 11.3. The van der Waals surface area contributed by atoms with Crippen LogP contribution in [0.3, 0.4) is 0 Å². The largest absolute Gasteiger partial charge is 0.461 e. The van der Waals surface area contributed by atoms with Crippen molar-refractivity contribution in [1.82, 2.24) is 9.88 Å². The second kappa shape index (κ2) is 8.07. The molecule has 0 radical (unpaired) electrons. The highest BCUT2D eigenvalue weighted by Gasteiger charge is 2.27. The van der Waals surface area contributed by atoms with Gasteiger partial charge < -0.3 is 19.2 Å². The Morgan fingerprint density at radius 1 is 1.03 bits per heavy atom. The molecule has 1 saturated heterocycles. The number of thiophene rings is 1. The lowest BCUT2D eigenvalue weighted by Crippen LogP contribution is -2.48. The maximum absolute atomic E-state index is 13.4. The number of carbonyl (C=O) groups is 2. The minimum absolute atomic E-state index is 0.104. The van der Waals surface area contributed by atoms with Gasteiger partial charge in [-0.15, -0.1) is 11.3 Å². The number of fused-ring (bicyclic) bond motifs is 1. The number of H-pyrrole nitrogens is 1. The van der Waals surface area contributed by atoms with Gasteiger partial charge in [0.1, 0.15) is 4.34 Å². The predicted molar refractivity (Wildman–Crippen MR) is 123 cm³/mol. The van der Waals surface area contributed by atoms with Crippen molar-refractivity contribution in [1.29, 1.82) is 0 Å². The van der Waals surface area contributed by atoms with Crippen LogP contribution in [0.4, 0.5) is 5.69 Å². The van der Waals surface area contributed by atoms with Crippen molar-refractivity contribution in [3.63, 3.8) is 0 Å². The van der Waals surface area contributed by atoms with Gasteiger partial charge in [0, 0.05) is 48.8 Å². The molecule has 0 spiro atoms. The number of aromatic amines is 1. The molecule has 0 bridgehead atoms. The molecule has 4 aromatic rings. The number of rotatable bonds is 4. The van der Waals surface area contributed by atoms with Crippen LogP contribution < -0.4 is 4.90 Å². The first kappa shape index (κ1) is 20.2. The van der Waals surface area contributed by atoms with E-state index in [1.807, 2.05) is 18.2 Å². The number of nitrogens with zero attached hydrogens (tertiary/aromatic N) is 2. The van der Waals surface area contributed by atoms with Crippen molar-refractivity contribution < 1.29 is 14.0 Å². The molecule has 1 aromatic carbocycles. The third-order valence-electron chi connectivity index (χ3n) is 5.47. The van der Waals surface area contributed by atoms with Gasteiger partial charge in [-0.05, 0) is 30.3 Å². The summed E-state index contributed by atoms with van der Waals surface area (Å²) in [6.07, 6.45) is 3.09. The number of aromatic nitrogens is 1. The fourth-order valence-corrected chi connectivity index (χ4v) is 5.46. The van der Waals surface area contributed by atoms with Crippen LogP contribution in [0.5, 0.6) is 0 Å². The van der Waals surface area contributed by atoms with Crippen molar-refractivity contribution in [2.24, 2.45) is 0 Å². The van der Waals surface area contributed by atoms with E-state index in [1.54, 1.807) is 29.3 Å². The van der Waals surface area contributed by atoms with Gasteiger partial charge in [0.25, 0.3) is 5.91 Å². The van der Waals surface area contributed by atoms with E-state index in [1.165, 1.54) is 17.6 Å². The molecule has 0 atom stereocenters. The normalized spacial score (nSPS) is 14.4. The van der Waals surface area contributed by atoms with Crippen LogP contribution in [0.1, 0.15) is 26.5 Å². The lowest BCUT2D eigenvalue weighted by molar-refractivity contribution is 0.0749. The van der Waals surface area contributed by atoms with E-state index in [9.17, 15) is 9.59 Å². The molecule has 1 aliphatic heterocycles. The van der Waals surface area contributed by atoms with Crippen molar-refractivity contribution in [2.45, 2.75) is 0 Å². The van der Waals surface area contributed by atoms with Gasteiger partial charge in [0.05, 0.1) is 21.9 Å². The minimum atomic E-state index is -0.259. The Labute approximate surface area is 192 Å². The smallest absolute Gasteiger partial charge is 0.254 e. The molecule has 5 rings (SSSR count). The molecule has 1 amide bonds. The number of hydrogen-bond donors (Lipinski definition) is 1. The molecular formula is C22H17Cl2N3O3S. The molecule has 0 aliphatic carbocycles. The standard InChI is InChI=1S/C22H17Cl2N3O3S/c23-18-11-16(21(24)31-18)26-6-8-27(9-7-26)22(29)13-3-1-4-15-19(13)14(12-25-15)20(28)17-5-2-10-30-17/h1-5,10-12,25H,6-9H2. The Morgan fingerprint density at radius 2 is 1.84 bits per heavy atom. The van der Waals surface area contributed by atoms with Crippen molar-refractivity contribution in [3.05, 3.63) is 74.4 Å². The Hall–Kier alpha value is -2.74. The summed E-state index contributed by atoms with van der Waals surface area (Å²) < 4.78 is 6.57. The van der Waals surface area contributed by atoms with Crippen molar-refractivity contribution >= 4 is 62.8 Å².